The molecule has 0 aromatic heterocycles. The second-order valence-corrected chi connectivity index (χ2v) is 3.77. The molecule has 5 heteroatoms. The highest BCUT2D eigenvalue weighted by Gasteiger charge is 2.11. The molecule has 0 aliphatic heterocycles. The van der Waals surface area contributed by atoms with Crippen molar-refractivity contribution in [3.8, 4) is 0 Å². The van der Waals surface area contributed by atoms with Crippen LogP contribution in [0.15, 0.2) is 23.1 Å². The summed E-state index contributed by atoms with van der Waals surface area (Å²) in [5.41, 5.74) is 5.79. The molecule has 0 fully saturated rings. The number of benzene rings is 1. The van der Waals surface area contributed by atoms with E-state index in [1.807, 2.05) is 0 Å². The topological polar surface area (TPSA) is 86.2 Å². The molecule has 0 saturated carbocycles. The van der Waals surface area contributed by atoms with Gasteiger partial charge in [0.2, 0.25) is 10.0 Å². The molecule has 0 bridgehead atoms. The van der Waals surface area contributed by atoms with E-state index in [4.69, 9.17) is 10.9 Å². The van der Waals surface area contributed by atoms with Crippen LogP contribution in [-0.2, 0) is 16.6 Å². The Hall–Kier alpha value is -0.910. The van der Waals surface area contributed by atoms with Crippen LogP contribution in [0, 0.1) is 6.07 Å². The summed E-state index contributed by atoms with van der Waals surface area (Å²) in [6, 6.07) is 7.29. The van der Waals surface area contributed by atoms with Crippen LogP contribution in [0.4, 0.5) is 0 Å². The zero-order chi connectivity index (χ0) is 9.19. The molecular weight excluding hydrogens is 176 g/mol. The largest absolute Gasteiger partial charge is 0.326 e. The number of nitrogens with two attached hydrogens (primary N) is 2. The summed E-state index contributed by atoms with van der Waals surface area (Å²) >= 11 is 0. The van der Waals surface area contributed by atoms with E-state index in [0.29, 0.717) is 5.56 Å². The fourth-order valence-electron chi connectivity index (χ4n) is 0.882. The van der Waals surface area contributed by atoms with Crippen LogP contribution in [0.5, 0.6) is 0 Å². The maximum Gasteiger partial charge on any atom is 0.238 e. The molecule has 1 rings (SSSR count). The zero-order valence-electron chi connectivity index (χ0n) is 6.32. The van der Waals surface area contributed by atoms with Gasteiger partial charge in [-0.1, -0.05) is 18.2 Å². The van der Waals surface area contributed by atoms with E-state index in [0.717, 1.165) is 0 Å². The van der Waals surface area contributed by atoms with Gasteiger partial charge in [0.15, 0.2) is 0 Å². The number of primary sulfonamides is 1. The average Bonchev–Trinajstić information content (AvgIpc) is 2.03. The molecule has 4 nitrogen and oxygen atoms in total. The van der Waals surface area contributed by atoms with E-state index < -0.39 is 10.0 Å². The molecule has 0 atom stereocenters. The van der Waals surface area contributed by atoms with Gasteiger partial charge in [0, 0.05) is 12.6 Å². The molecule has 0 spiro atoms. The maximum absolute atomic E-state index is 10.9. The quantitative estimate of drug-likeness (QED) is 0.656. The third kappa shape index (κ3) is 1.82. The fourth-order valence-corrected chi connectivity index (χ4v) is 1.63. The summed E-state index contributed by atoms with van der Waals surface area (Å²) in [7, 11) is -3.68. The van der Waals surface area contributed by atoms with Crippen LogP contribution in [0.1, 0.15) is 5.56 Å². The van der Waals surface area contributed by atoms with Gasteiger partial charge in [0.25, 0.3) is 0 Å². The average molecular weight is 185 g/mol. The van der Waals surface area contributed by atoms with Gasteiger partial charge in [0.05, 0.1) is 4.90 Å². The molecule has 65 valence electrons. The van der Waals surface area contributed by atoms with Crippen LogP contribution in [0.25, 0.3) is 0 Å². The van der Waals surface area contributed by atoms with E-state index in [-0.39, 0.29) is 11.4 Å². The van der Waals surface area contributed by atoms with E-state index in [9.17, 15) is 8.42 Å². The summed E-state index contributed by atoms with van der Waals surface area (Å²) in [6.45, 7) is 0.142. The van der Waals surface area contributed by atoms with Crippen molar-refractivity contribution in [2.75, 3.05) is 0 Å². The van der Waals surface area contributed by atoms with Crippen molar-refractivity contribution in [2.24, 2.45) is 10.9 Å². The molecule has 1 radical (unpaired) electrons. The normalized spacial score (nSPS) is 11.5. The summed E-state index contributed by atoms with van der Waals surface area (Å²) in [5.74, 6) is 0. The first-order valence-electron chi connectivity index (χ1n) is 3.28. The summed E-state index contributed by atoms with van der Waals surface area (Å²) in [5, 5.41) is 4.92. The molecule has 12 heavy (non-hydrogen) atoms. The van der Waals surface area contributed by atoms with Crippen molar-refractivity contribution in [1.29, 1.82) is 0 Å². The van der Waals surface area contributed by atoms with Crippen molar-refractivity contribution in [3.05, 3.63) is 29.8 Å². The third-order valence-electron chi connectivity index (χ3n) is 1.40. The van der Waals surface area contributed by atoms with Gasteiger partial charge in [-0.05, 0) is 5.56 Å². The minimum absolute atomic E-state index is 0.0208. The smallest absolute Gasteiger partial charge is 0.238 e. The van der Waals surface area contributed by atoms with Crippen LogP contribution < -0.4 is 10.9 Å². The number of rotatable bonds is 2. The lowest BCUT2D eigenvalue weighted by molar-refractivity contribution is 0.596. The number of sulfonamides is 1. The summed E-state index contributed by atoms with van der Waals surface area (Å²) in [4.78, 5) is -0.0208. The van der Waals surface area contributed by atoms with Crippen LogP contribution in [0.2, 0.25) is 0 Å². The SMILES string of the molecule is NCc1ccc[c]c1S(N)(=O)=O. The lowest BCUT2D eigenvalue weighted by atomic mass is 10.2. The Kier molecular flexibility index (Phi) is 2.46. The van der Waals surface area contributed by atoms with Gasteiger partial charge in [-0.3, -0.25) is 0 Å². The highest BCUT2D eigenvalue weighted by molar-refractivity contribution is 7.89. The minimum atomic E-state index is -3.68. The highest BCUT2D eigenvalue weighted by atomic mass is 32.2. The Bertz CT molecular complexity index is 373. The van der Waals surface area contributed by atoms with Gasteiger partial charge in [-0.25, -0.2) is 13.6 Å². The monoisotopic (exact) mass is 185 g/mol. The highest BCUT2D eigenvalue weighted by Crippen LogP contribution is 2.11. The molecule has 0 amide bonds. The first-order valence-corrected chi connectivity index (χ1v) is 4.83. The van der Waals surface area contributed by atoms with E-state index in [1.165, 1.54) is 6.07 Å². The van der Waals surface area contributed by atoms with Crippen molar-refractivity contribution in [1.82, 2.24) is 0 Å². The maximum atomic E-state index is 10.9. The van der Waals surface area contributed by atoms with Crippen LogP contribution in [0.3, 0.4) is 0 Å². The second-order valence-electron chi connectivity index (χ2n) is 2.27. The van der Waals surface area contributed by atoms with E-state index in [1.54, 1.807) is 12.1 Å². The summed E-state index contributed by atoms with van der Waals surface area (Å²) in [6.07, 6.45) is 0. The first kappa shape index (κ1) is 9.18. The van der Waals surface area contributed by atoms with E-state index in [2.05, 4.69) is 6.07 Å². The Morgan fingerprint density at radius 1 is 1.50 bits per heavy atom. The van der Waals surface area contributed by atoms with Crippen molar-refractivity contribution < 1.29 is 8.42 Å². The molecule has 0 aliphatic carbocycles. The zero-order valence-corrected chi connectivity index (χ0v) is 7.14. The fraction of sp³-hybridized carbons (Fsp3) is 0.143. The second kappa shape index (κ2) is 3.22. The van der Waals surface area contributed by atoms with Crippen LogP contribution >= 0.6 is 0 Å². The third-order valence-corrected chi connectivity index (χ3v) is 2.35. The Balaban J connectivity index is 3.33. The summed E-state index contributed by atoms with van der Waals surface area (Å²) < 4.78 is 21.8. The van der Waals surface area contributed by atoms with Gasteiger partial charge < -0.3 is 5.73 Å². The standard InChI is InChI=1S/C7H9N2O2S/c8-5-6-3-1-2-4-7(6)12(9,10)11/h1-3H,5,8H2,(H2,9,10,11). The molecule has 4 N–H and O–H groups in total. The molecular formula is C7H9N2O2S. The van der Waals surface area contributed by atoms with Crippen molar-refractivity contribution in [3.63, 3.8) is 0 Å². The van der Waals surface area contributed by atoms with Crippen LogP contribution in [-0.4, -0.2) is 8.42 Å². The molecule has 1 aromatic carbocycles. The Morgan fingerprint density at radius 3 is 2.58 bits per heavy atom. The lowest BCUT2D eigenvalue weighted by Crippen LogP contribution is -2.15. The van der Waals surface area contributed by atoms with Crippen molar-refractivity contribution >= 4 is 10.0 Å². The molecule has 0 heterocycles. The van der Waals surface area contributed by atoms with Gasteiger partial charge in [0.1, 0.15) is 0 Å². The van der Waals surface area contributed by atoms with Gasteiger partial charge >= 0.3 is 0 Å². The van der Waals surface area contributed by atoms with Crippen molar-refractivity contribution in [2.45, 2.75) is 11.4 Å². The molecule has 0 aliphatic rings. The predicted octanol–water partition coefficient (Wildman–Crippen LogP) is -0.407. The minimum Gasteiger partial charge on any atom is -0.326 e. The first-order chi connectivity index (χ1) is 5.55. The molecule has 1 aromatic rings. The Morgan fingerprint density at radius 2 is 2.17 bits per heavy atom. The number of hydrogen-bond acceptors (Lipinski definition) is 3. The van der Waals surface area contributed by atoms with E-state index >= 15 is 0 Å². The predicted molar refractivity (Wildman–Crippen MR) is 44.5 cm³/mol. The van der Waals surface area contributed by atoms with Gasteiger partial charge in [-0.15, -0.1) is 0 Å². The number of hydrogen-bond donors (Lipinski definition) is 2. The Labute approximate surface area is 71.2 Å². The van der Waals surface area contributed by atoms with Gasteiger partial charge in [-0.2, -0.15) is 0 Å². The molecule has 0 saturated heterocycles. The molecule has 0 unspecified atom stereocenters. The lowest BCUT2D eigenvalue weighted by Gasteiger charge is -2.02.